The van der Waals surface area contributed by atoms with Crippen LogP contribution < -0.4 is 20.1 Å². The van der Waals surface area contributed by atoms with E-state index in [1.807, 2.05) is 6.07 Å². The number of benzene rings is 2. The number of hydrogen-bond acceptors (Lipinski definition) is 5. The van der Waals surface area contributed by atoms with Gasteiger partial charge in [-0.25, -0.2) is 0 Å². The molecule has 0 spiro atoms. The van der Waals surface area contributed by atoms with Crippen LogP contribution in [0.15, 0.2) is 54.2 Å². The molecule has 9 heteroatoms. The molecule has 2 rings (SSSR count). The largest absolute Gasteiger partial charge is 0.493 e. The van der Waals surface area contributed by atoms with Gasteiger partial charge in [-0.1, -0.05) is 12.1 Å². The first kappa shape index (κ1) is 22.6. The van der Waals surface area contributed by atoms with Gasteiger partial charge in [0.25, 0.3) is 5.91 Å². The summed E-state index contributed by atoms with van der Waals surface area (Å²) in [5.41, 5.74) is -0.105. The van der Waals surface area contributed by atoms with Gasteiger partial charge in [-0.15, -0.1) is 0 Å². The zero-order valence-electron chi connectivity index (χ0n) is 16.3. The van der Waals surface area contributed by atoms with Gasteiger partial charge in [0.1, 0.15) is 11.6 Å². The van der Waals surface area contributed by atoms with E-state index in [-0.39, 0.29) is 17.8 Å². The van der Waals surface area contributed by atoms with Crippen molar-refractivity contribution in [3.8, 4) is 17.6 Å². The Kier molecular flexibility index (Phi) is 7.69. The normalized spacial score (nSPS) is 11.4. The Bertz CT molecular complexity index is 966. The molecule has 2 aromatic carbocycles. The molecule has 2 aromatic rings. The van der Waals surface area contributed by atoms with E-state index in [9.17, 15) is 23.2 Å². The lowest BCUT2D eigenvalue weighted by Gasteiger charge is -2.10. The summed E-state index contributed by atoms with van der Waals surface area (Å²) in [6.45, 7) is 0.247. The van der Waals surface area contributed by atoms with Gasteiger partial charge in [0.15, 0.2) is 11.5 Å². The number of alkyl halides is 3. The third kappa shape index (κ3) is 6.17. The summed E-state index contributed by atoms with van der Waals surface area (Å²) >= 11 is 0. The third-order valence-corrected chi connectivity index (χ3v) is 4.09. The summed E-state index contributed by atoms with van der Waals surface area (Å²) in [4.78, 5) is 12.2. The molecule has 0 aromatic heterocycles. The van der Waals surface area contributed by atoms with Gasteiger partial charge in [-0.2, -0.15) is 18.4 Å². The quantitative estimate of drug-likeness (QED) is 0.501. The van der Waals surface area contributed by atoms with Gasteiger partial charge in [-0.3, -0.25) is 4.79 Å². The molecule has 0 unspecified atom stereocenters. The summed E-state index contributed by atoms with van der Waals surface area (Å²) in [6.07, 6.45) is -2.94. The average molecular weight is 419 g/mol. The van der Waals surface area contributed by atoms with Crippen molar-refractivity contribution in [3.05, 3.63) is 65.4 Å². The van der Waals surface area contributed by atoms with Crippen LogP contribution in [0.25, 0.3) is 0 Å². The maximum absolute atomic E-state index is 12.8. The van der Waals surface area contributed by atoms with Crippen molar-refractivity contribution >= 4 is 11.6 Å². The van der Waals surface area contributed by atoms with Crippen LogP contribution in [0.2, 0.25) is 0 Å². The molecule has 0 saturated carbocycles. The highest BCUT2D eigenvalue weighted by Gasteiger charge is 2.30. The van der Waals surface area contributed by atoms with Gasteiger partial charge in [-0.05, 0) is 42.3 Å². The first-order valence-corrected chi connectivity index (χ1v) is 8.81. The number of ether oxygens (including phenoxy) is 2. The SMILES string of the molecule is COc1ccc(CCNC(=O)/C(C#N)=C\Nc2cccc(C(F)(F)F)c2)cc1OC. The maximum Gasteiger partial charge on any atom is 0.416 e. The molecule has 0 aliphatic rings. The van der Waals surface area contributed by atoms with Crippen LogP contribution in [0.1, 0.15) is 11.1 Å². The zero-order chi connectivity index (χ0) is 22.1. The van der Waals surface area contributed by atoms with Crippen LogP contribution in [0.5, 0.6) is 11.5 Å². The fourth-order valence-electron chi connectivity index (χ4n) is 2.54. The molecule has 2 N–H and O–H groups in total. The molecule has 6 nitrogen and oxygen atoms in total. The fraction of sp³-hybridized carbons (Fsp3) is 0.238. The Balaban J connectivity index is 1.96. The first-order chi connectivity index (χ1) is 14.3. The van der Waals surface area contributed by atoms with E-state index in [1.54, 1.807) is 18.2 Å². The summed E-state index contributed by atoms with van der Waals surface area (Å²) in [6, 6.07) is 11.5. The predicted molar refractivity (Wildman–Crippen MR) is 105 cm³/mol. The monoisotopic (exact) mass is 419 g/mol. The highest BCUT2D eigenvalue weighted by Crippen LogP contribution is 2.30. The van der Waals surface area contributed by atoms with Gasteiger partial charge < -0.3 is 20.1 Å². The zero-order valence-corrected chi connectivity index (χ0v) is 16.3. The molecule has 1 amide bonds. The van der Waals surface area contributed by atoms with Crippen LogP contribution in [0.3, 0.4) is 0 Å². The molecule has 0 atom stereocenters. The van der Waals surface area contributed by atoms with Crippen molar-refractivity contribution in [2.75, 3.05) is 26.1 Å². The first-order valence-electron chi connectivity index (χ1n) is 8.81. The van der Waals surface area contributed by atoms with Crippen molar-refractivity contribution in [2.45, 2.75) is 12.6 Å². The van der Waals surface area contributed by atoms with Crippen molar-refractivity contribution in [1.29, 1.82) is 5.26 Å². The topological polar surface area (TPSA) is 83.4 Å². The van der Waals surface area contributed by atoms with Crippen LogP contribution >= 0.6 is 0 Å². The lowest BCUT2D eigenvalue weighted by molar-refractivity contribution is -0.137. The highest BCUT2D eigenvalue weighted by atomic mass is 19.4. The number of methoxy groups -OCH3 is 2. The molecule has 30 heavy (non-hydrogen) atoms. The Hall–Kier alpha value is -3.67. The average Bonchev–Trinajstić information content (AvgIpc) is 2.73. The number of anilines is 1. The summed E-state index contributed by atoms with van der Waals surface area (Å²) in [5.74, 6) is 0.502. The predicted octanol–water partition coefficient (Wildman–Crippen LogP) is 3.90. The molecule has 0 radical (unpaired) electrons. The molecular weight excluding hydrogens is 399 g/mol. The van der Waals surface area contributed by atoms with E-state index in [1.165, 1.54) is 26.4 Å². The second kappa shape index (κ2) is 10.2. The standard InChI is InChI=1S/C21H20F3N3O3/c1-29-18-7-6-14(10-19(18)30-2)8-9-26-20(28)15(12-25)13-27-17-5-3-4-16(11-17)21(22,23)24/h3-7,10-11,13,27H,8-9H2,1-2H3,(H,26,28)/b15-13-. The molecule has 0 heterocycles. The minimum Gasteiger partial charge on any atom is -0.493 e. The third-order valence-electron chi connectivity index (χ3n) is 4.09. The van der Waals surface area contributed by atoms with E-state index in [0.29, 0.717) is 17.9 Å². The molecule has 0 aliphatic heterocycles. The molecule has 0 saturated heterocycles. The van der Waals surface area contributed by atoms with Gasteiger partial charge in [0, 0.05) is 18.4 Å². The Morgan fingerprint density at radius 1 is 1.13 bits per heavy atom. The fourth-order valence-corrected chi connectivity index (χ4v) is 2.54. The van der Waals surface area contributed by atoms with Gasteiger partial charge in [0.05, 0.1) is 19.8 Å². The number of carbonyl (C=O) groups excluding carboxylic acids is 1. The second-order valence-corrected chi connectivity index (χ2v) is 6.09. The summed E-state index contributed by atoms with van der Waals surface area (Å²) in [5, 5.41) is 14.3. The molecule has 0 aliphatic carbocycles. The Labute approximate surface area is 171 Å². The molecule has 0 bridgehead atoms. The number of nitriles is 1. The molecule has 0 fully saturated rings. The van der Waals surface area contributed by atoms with E-state index in [2.05, 4.69) is 10.6 Å². The molecule has 158 valence electrons. The van der Waals surface area contributed by atoms with Crippen molar-refractivity contribution in [1.82, 2.24) is 5.32 Å². The van der Waals surface area contributed by atoms with E-state index in [0.717, 1.165) is 23.9 Å². The smallest absolute Gasteiger partial charge is 0.416 e. The van der Waals surface area contributed by atoms with E-state index < -0.39 is 17.6 Å². The number of halogens is 3. The second-order valence-electron chi connectivity index (χ2n) is 6.09. The van der Waals surface area contributed by atoms with Gasteiger partial charge in [0.2, 0.25) is 0 Å². The van der Waals surface area contributed by atoms with Crippen LogP contribution in [-0.2, 0) is 17.4 Å². The highest BCUT2D eigenvalue weighted by molar-refractivity contribution is 5.97. The van der Waals surface area contributed by atoms with Crippen molar-refractivity contribution < 1.29 is 27.4 Å². The van der Waals surface area contributed by atoms with Crippen molar-refractivity contribution in [3.63, 3.8) is 0 Å². The summed E-state index contributed by atoms with van der Waals surface area (Å²) < 4.78 is 48.6. The van der Waals surface area contributed by atoms with Crippen molar-refractivity contribution in [2.24, 2.45) is 0 Å². The van der Waals surface area contributed by atoms with Crippen LogP contribution in [-0.4, -0.2) is 26.7 Å². The van der Waals surface area contributed by atoms with Crippen LogP contribution in [0, 0.1) is 11.3 Å². The summed E-state index contributed by atoms with van der Waals surface area (Å²) in [7, 11) is 3.05. The number of rotatable bonds is 8. The maximum atomic E-state index is 12.8. The Morgan fingerprint density at radius 3 is 2.50 bits per heavy atom. The number of carbonyl (C=O) groups is 1. The minimum absolute atomic E-state index is 0.107. The Morgan fingerprint density at radius 2 is 1.87 bits per heavy atom. The lowest BCUT2D eigenvalue weighted by atomic mass is 10.1. The molecular formula is C21H20F3N3O3. The van der Waals surface area contributed by atoms with E-state index >= 15 is 0 Å². The number of hydrogen-bond donors (Lipinski definition) is 2. The number of nitrogens with one attached hydrogen (secondary N) is 2. The number of amides is 1. The lowest BCUT2D eigenvalue weighted by Crippen LogP contribution is -2.27. The number of nitrogens with zero attached hydrogens (tertiary/aromatic N) is 1. The van der Waals surface area contributed by atoms with Gasteiger partial charge >= 0.3 is 6.18 Å². The van der Waals surface area contributed by atoms with Crippen LogP contribution in [0.4, 0.5) is 18.9 Å². The minimum atomic E-state index is -4.49. The van der Waals surface area contributed by atoms with E-state index in [4.69, 9.17) is 9.47 Å².